The Labute approximate surface area is 216 Å². The molecule has 2 heterocycles. The standard InChI is InChI=1S/C22H19F6N5O5S/c23-21(24,25)14-7-13(8-15(9-14)22(26,27)28)12-38-20(35)33-4-3-32(19(34)11-33)5-6-39(36,37)16-1-2-17-18(10-16)30-31-29-17/h1-2,7-10H,3-6,11-12H2,(H,29,30,31). The number of H-pyrrole nitrogens is 1. The molecule has 2 aromatic carbocycles. The quantitative estimate of drug-likeness (QED) is 0.445. The topological polar surface area (TPSA) is 126 Å². The summed E-state index contributed by atoms with van der Waals surface area (Å²) in [7, 11) is -3.79. The van der Waals surface area contributed by atoms with Crippen LogP contribution in [0.25, 0.3) is 11.0 Å². The fraction of sp³-hybridized carbons (Fsp3) is 0.364. The molecule has 0 radical (unpaired) electrons. The van der Waals surface area contributed by atoms with Crippen LogP contribution in [0.4, 0.5) is 31.1 Å². The predicted octanol–water partition coefficient (Wildman–Crippen LogP) is 3.25. The van der Waals surface area contributed by atoms with Crippen LogP contribution in [0.3, 0.4) is 0 Å². The molecular formula is C22H19F6N5O5S. The number of nitrogens with zero attached hydrogens (tertiary/aromatic N) is 4. The van der Waals surface area contributed by atoms with Crippen LogP contribution >= 0.6 is 0 Å². The Morgan fingerprint density at radius 3 is 2.21 bits per heavy atom. The van der Waals surface area contributed by atoms with Crippen LogP contribution in [0.15, 0.2) is 41.3 Å². The molecule has 1 aromatic heterocycles. The largest absolute Gasteiger partial charge is 0.445 e. The van der Waals surface area contributed by atoms with Crippen LogP contribution in [-0.4, -0.2) is 77.6 Å². The maximum atomic E-state index is 13.0. The summed E-state index contributed by atoms with van der Waals surface area (Å²) in [5.74, 6) is -1.03. The van der Waals surface area contributed by atoms with E-state index in [9.17, 15) is 44.3 Å². The van der Waals surface area contributed by atoms with Gasteiger partial charge < -0.3 is 9.64 Å². The third-order valence-electron chi connectivity index (χ3n) is 5.86. The van der Waals surface area contributed by atoms with E-state index in [4.69, 9.17) is 4.74 Å². The van der Waals surface area contributed by atoms with Gasteiger partial charge in [-0.1, -0.05) is 0 Å². The fourth-order valence-electron chi connectivity index (χ4n) is 3.80. The van der Waals surface area contributed by atoms with Gasteiger partial charge in [0.15, 0.2) is 9.84 Å². The Morgan fingerprint density at radius 2 is 1.59 bits per heavy atom. The van der Waals surface area contributed by atoms with E-state index in [-0.39, 0.29) is 30.6 Å². The second-order valence-electron chi connectivity index (χ2n) is 8.56. The summed E-state index contributed by atoms with van der Waals surface area (Å²) in [5, 5.41) is 10.0. The second kappa shape index (κ2) is 10.3. The van der Waals surface area contributed by atoms with E-state index < -0.39 is 69.8 Å². The summed E-state index contributed by atoms with van der Waals surface area (Å²) in [4.78, 5) is 27.0. The molecule has 2 amide bonds. The van der Waals surface area contributed by atoms with E-state index in [1.807, 2.05) is 0 Å². The molecule has 3 aromatic rings. The number of amides is 2. The predicted molar refractivity (Wildman–Crippen MR) is 121 cm³/mol. The Morgan fingerprint density at radius 1 is 0.949 bits per heavy atom. The van der Waals surface area contributed by atoms with E-state index in [0.29, 0.717) is 23.2 Å². The van der Waals surface area contributed by atoms with Gasteiger partial charge in [-0.2, -0.15) is 41.8 Å². The first-order valence-electron chi connectivity index (χ1n) is 11.1. The minimum Gasteiger partial charge on any atom is -0.445 e. The van der Waals surface area contributed by atoms with Gasteiger partial charge in [0.1, 0.15) is 24.2 Å². The van der Waals surface area contributed by atoms with Crippen LogP contribution in [0, 0.1) is 0 Å². The normalized spacial score (nSPS) is 15.2. The maximum Gasteiger partial charge on any atom is 0.416 e. The monoisotopic (exact) mass is 579 g/mol. The Bertz CT molecular complexity index is 1470. The van der Waals surface area contributed by atoms with E-state index in [2.05, 4.69) is 15.4 Å². The molecule has 39 heavy (non-hydrogen) atoms. The number of benzene rings is 2. The molecular weight excluding hydrogens is 560 g/mol. The average Bonchev–Trinajstić information content (AvgIpc) is 3.33. The molecule has 210 valence electrons. The number of aromatic nitrogens is 3. The zero-order valence-corrected chi connectivity index (χ0v) is 20.5. The van der Waals surface area contributed by atoms with Crippen molar-refractivity contribution in [1.29, 1.82) is 0 Å². The number of carbonyl (C=O) groups excluding carboxylic acids is 2. The molecule has 1 fully saturated rings. The van der Waals surface area contributed by atoms with Crippen LogP contribution < -0.4 is 0 Å². The van der Waals surface area contributed by atoms with E-state index in [1.54, 1.807) is 0 Å². The van der Waals surface area contributed by atoms with Crippen molar-refractivity contribution < 1.29 is 49.1 Å². The van der Waals surface area contributed by atoms with Crippen LogP contribution in [0.2, 0.25) is 0 Å². The van der Waals surface area contributed by atoms with Gasteiger partial charge >= 0.3 is 18.4 Å². The van der Waals surface area contributed by atoms with Gasteiger partial charge in [0.05, 0.1) is 21.8 Å². The molecule has 1 aliphatic rings. The lowest BCUT2D eigenvalue weighted by Crippen LogP contribution is -2.53. The summed E-state index contributed by atoms with van der Waals surface area (Å²) in [6, 6.07) is 5.00. The molecule has 1 N–H and O–H groups in total. The minimum atomic E-state index is -5.06. The van der Waals surface area contributed by atoms with Gasteiger partial charge in [-0.25, -0.2) is 13.2 Å². The molecule has 0 saturated carbocycles. The van der Waals surface area contributed by atoms with Gasteiger partial charge in [0, 0.05) is 19.6 Å². The smallest absolute Gasteiger partial charge is 0.416 e. The SMILES string of the molecule is O=C1CN(C(=O)OCc2cc(C(F)(F)F)cc(C(F)(F)F)c2)CCN1CCS(=O)(=O)c1ccc2n[nH]nc2c1. The number of nitrogens with one attached hydrogen (secondary N) is 1. The number of hydrogen-bond acceptors (Lipinski definition) is 7. The van der Waals surface area contributed by atoms with E-state index >= 15 is 0 Å². The first kappa shape index (κ1) is 28.1. The number of fused-ring (bicyclic) bond motifs is 1. The summed E-state index contributed by atoms with van der Waals surface area (Å²) in [6.45, 7) is -1.74. The number of carbonyl (C=O) groups is 2. The Hall–Kier alpha value is -3.89. The van der Waals surface area contributed by atoms with Crippen molar-refractivity contribution in [2.24, 2.45) is 0 Å². The molecule has 0 unspecified atom stereocenters. The number of aromatic amines is 1. The van der Waals surface area contributed by atoms with Crippen LogP contribution in [0.1, 0.15) is 16.7 Å². The highest BCUT2D eigenvalue weighted by Crippen LogP contribution is 2.36. The third kappa shape index (κ3) is 6.58. The third-order valence-corrected chi connectivity index (χ3v) is 7.56. The molecule has 1 saturated heterocycles. The Kier molecular flexibility index (Phi) is 7.46. The first-order chi connectivity index (χ1) is 18.1. The number of ether oxygens (including phenoxy) is 1. The lowest BCUT2D eigenvalue weighted by molar-refractivity contribution is -0.143. The summed E-state index contributed by atoms with van der Waals surface area (Å²) in [6.07, 6.45) is -11.2. The highest BCUT2D eigenvalue weighted by Gasteiger charge is 2.37. The highest BCUT2D eigenvalue weighted by atomic mass is 32.2. The van der Waals surface area contributed by atoms with E-state index in [0.717, 1.165) is 4.90 Å². The van der Waals surface area contributed by atoms with Gasteiger partial charge in [0.2, 0.25) is 5.91 Å². The molecule has 0 atom stereocenters. The summed E-state index contributed by atoms with van der Waals surface area (Å²) in [5.41, 5.74) is -2.82. The van der Waals surface area contributed by atoms with Crippen molar-refractivity contribution >= 4 is 32.9 Å². The van der Waals surface area contributed by atoms with Crippen molar-refractivity contribution in [1.82, 2.24) is 25.2 Å². The van der Waals surface area contributed by atoms with Crippen LogP contribution in [-0.2, 0) is 38.3 Å². The van der Waals surface area contributed by atoms with Gasteiger partial charge in [-0.3, -0.25) is 9.69 Å². The van der Waals surface area contributed by atoms with E-state index in [1.165, 1.54) is 23.1 Å². The zero-order chi connectivity index (χ0) is 28.6. The number of halogens is 6. The second-order valence-corrected chi connectivity index (χ2v) is 10.7. The lowest BCUT2D eigenvalue weighted by atomic mass is 10.1. The molecule has 0 bridgehead atoms. The fourth-order valence-corrected chi connectivity index (χ4v) is 5.06. The summed E-state index contributed by atoms with van der Waals surface area (Å²) >= 11 is 0. The number of piperazine rings is 1. The number of hydrogen-bond donors (Lipinski definition) is 1. The molecule has 1 aliphatic heterocycles. The number of sulfone groups is 1. The minimum absolute atomic E-state index is 0.0122. The number of rotatable bonds is 6. The molecule has 10 nitrogen and oxygen atoms in total. The molecule has 4 rings (SSSR count). The van der Waals surface area contributed by atoms with Crippen molar-refractivity contribution in [3.63, 3.8) is 0 Å². The van der Waals surface area contributed by atoms with Crippen molar-refractivity contribution in [3.05, 3.63) is 53.1 Å². The van der Waals surface area contributed by atoms with Crippen LogP contribution in [0.5, 0.6) is 0 Å². The zero-order valence-electron chi connectivity index (χ0n) is 19.7. The maximum absolute atomic E-state index is 13.0. The molecule has 0 aliphatic carbocycles. The highest BCUT2D eigenvalue weighted by molar-refractivity contribution is 7.91. The van der Waals surface area contributed by atoms with Gasteiger partial charge in [-0.05, 0) is 42.0 Å². The van der Waals surface area contributed by atoms with Gasteiger partial charge in [-0.15, -0.1) is 0 Å². The van der Waals surface area contributed by atoms with Crippen molar-refractivity contribution in [3.8, 4) is 0 Å². The molecule has 17 heteroatoms. The molecule has 0 spiro atoms. The number of alkyl halides is 6. The van der Waals surface area contributed by atoms with Crippen molar-refractivity contribution in [2.45, 2.75) is 23.9 Å². The van der Waals surface area contributed by atoms with Crippen molar-refractivity contribution in [2.75, 3.05) is 31.9 Å². The summed E-state index contributed by atoms with van der Waals surface area (Å²) < 4.78 is 108. The lowest BCUT2D eigenvalue weighted by Gasteiger charge is -2.33. The van der Waals surface area contributed by atoms with Gasteiger partial charge in [0.25, 0.3) is 0 Å². The first-order valence-corrected chi connectivity index (χ1v) is 12.8. The Balaban J connectivity index is 1.33. The average molecular weight is 579 g/mol.